The van der Waals surface area contributed by atoms with Crippen LogP contribution in [0.2, 0.25) is 0 Å². The van der Waals surface area contributed by atoms with Crippen LogP contribution in [0.25, 0.3) is 0 Å². The highest BCUT2D eigenvalue weighted by atomic mass is 32.2. The maximum atomic E-state index is 13.0. The van der Waals surface area contributed by atoms with Crippen molar-refractivity contribution in [3.63, 3.8) is 0 Å². The van der Waals surface area contributed by atoms with E-state index in [2.05, 4.69) is 16.1 Å². The first-order valence-corrected chi connectivity index (χ1v) is 6.81. The molecule has 0 saturated carbocycles. The van der Waals surface area contributed by atoms with Gasteiger partial charge >= 0.3 is 39.2 Å². The molecule has 0 fully saturated rings. The van der Waals surface area contributed by atoms with E-state index in [-0.39, 0.29) is 0 Å². The van der Waals surface area contributed by atoms with E-state index in [4.69, 9.17) is 4.55 Å². The lowest BCUT2D eigenvalue weighted by Gasteiger charge is -2.33. The van der Waals surface area contributed by atoms with Gasteiger partial charge in [-0.2, -0.15) is 34.8 Å². The number of nitrogens with one attached hydrogen (secondary N) is 1. The Kier molecular flexibility index (Phi) is 6.40. The van der Waals surface area contributed by atoms with Gasteiger partial charge in [0.15, 0.2) is 0 Å². The molecule has 0 aliphatic rings. The highest BCUT2D eigenvalue weighted by Crippen LogP contribution is 2.37. The molecule has 0 rings (SSSR count). The monoisotopic (exact) mass is 389 g/mol. The smallest absolute Gasteiger partial charge is 0.410 e. The van der Waals surface area contributed by atoms with Gasteiger partial charge in [-0.1, -0.05) is 6.58 Å². The Bertz CT molecular complexity index is 631. The predicted octanol–water partition coefficient (Wildman–Crippen LogP) is 0.515. The molecule has 0 spiro atoms. The highest BCUT2D eigenvalue weighted by molar-refractivity contribution is 7.86. The van der Waals surface area contributed by atoms with Gasteiger partial charge in [-0.05, 0) is 0 Å². The zero-order valence-corrected chi connectivity index (χ0v) is 12.3. The van der Waals surface area contributed by atoms with Gasteiger partial charge in [-0.3, -0.25) is 9.35 Å². The molecule has 1 unspecified atom stereocenters. The molecule has 0 radical (unpaired) electrons. The van der Waals surface area contributed by atoms with Crippen molar-refractivity contribution in [1.82, 2.24) is 5.32 Å². The van der Waals surface area contributed by atoms with Crippen molar-refractivity contribution in [3.8, 4) is 0 Å². The van der Waals surface area contributed by atoms with Crippen molar-refractivity contribution in [3.05, 3.63) is 12.4 Å². The number of alkyl halides is 5. The normalized spacial score (nSPS) is 15.3. The molecule has 0 aromatic heterocycles. The van der Waals surface area contributed by atoms with E-state index in [1.54, 1.807) is 0 Å². The average Bonchev–Trinajstić information content (AvgIpc) is 2.39. The fourth-order valence-corrected chi connectivity index (χ4v) is 1.23. The molecule has 140 valence electrons. The first kappa shape index (κ1) is 22.1. The first-order valence-electron chi connectivity index (χ1n) is 5.37. The van der Waals surface area contributed by atoms with E-state index in [9.17, 15) is 44.3 Å². The van der Waals surface area contributed by atoms with Crippen molar-refractivity contribution in [2.75, 3.05) is 13.7 Å². The van der Waals surface area contributed by atoms with Gasteiger partial charge in [0.1, 0.15) is 6.61 Å². The molecule has 0 aliphatic heterocycles. The Labute approximate surface area is 130 Å². The summed E-state index contributed by atoms with van der Waals surface area (Å²) in [6.07, 6.45) is -6.05. The molecule has 0 aromatic carbocycles. The Morgan fingerprint density at radius 3 is 1.96 bits per heavy atom. The maximum absolute atomic E-state index is 13.0. The minimum Gasteiger partial charge on any atom is -0.410 e. The molecule has 0 saturated heterocycles. The second kappa shape index (κ2) is 6.94. The SMILES string of the molecule is C=C(F)C(=O)OC(OCC(F)(F)S(=O)(=O)O)(C(=O)NC)C(F)(F)F. The summed E-state index contributed by atoms with van der Waals surface area (Å²) in [6, 6.07) is 0. The Balaban J connectivity index is 5.99. The number of rotatable bonds is 7. The second-order valence-electron chi connectivity index (χ2n) is 3.89. The van der Waals surface area contributed by atoms with Crippen LogP contribution in [-0.2, 0) is 29.2 Å². The lowest BCUT2D eigenvalue weighted by Crippen LogP contribution is -2.62. The summed E-state index contributed by atoms with van der Waals surface area (Å²) in [5.41, 5.74) is 0. The molecule has 8 nitrogen and oxygen atoms in total. The van der Waals surface area contributed by atoms with Crippen LogP contribution in [0.4, 0.5) is 26.3 Å². The van der Waals surface area contributed by atoms with Crippen LogP contribution in [0.3, 0.4) is 0 Å². The zero-order valence-electron chi connectivity index (χ0n) is 11.5. The number of halogens is 6. The van der Waals surface area contributed by atoms with Crippen molar-refractivity contribution in [1.29, 1.82) is 0 Å². The van der Waals surface area contributed by atoms with Crippen molar-refractivity contribution in [2.45, 2.75) is 17.2 Å². The number of hydrogen-bond donors (Lipinski definition) is 2. The standard InChI is InChI=1S/C9H9F6NO7S/c1-4(10)5(17)23-8(6(18)16-2,9(13,14)15)22-3-7(11,12)24(19,20)21/h1,3H2,2H3,(H,16,18)(H,19,20,21). The fraction of sp³-hybridized carbons (Fsp3) is 0.556. The summed E-state index contributed by atoms with van der Waals surface area (Å²) in [6.45, 7) is -0.484. The van der Waals surface area contributed by atoms with Crippen LogP contribution in [0.1, 0.15) is 0 Å². The van der Waals surface area contributed by atoms with Gasteiger partial charge in [0.25, 0.3) is 0 Å². The molecular formula is C9H9F6NO7S. The molecule has 0 aliphatic carbocycles. The summed E-state index contributed by atoms with van der Waals surface area (Å²) in [7, 11) is -5.69. The number of esters is 1. The highest BCUT2D eigenvalue weighted by Gasteiger charge is 2.67. The van der Waals surface area contributed by atoms with Gasteiger partial charge < -0.3 is 14.8 Å². The van der Waals surface area contributed by atoms with E-state index in [0.29, 0.717) is 7.05 Å². The lowest BCUT2D eigenvalue weighted by molar-refractivity contribution is -0.352. The molecule has 24 heavy (non-hydrogen) atoms. The van der Waals surface area contributed by atoms with Crippen molar-refractivity contribution < 1.29 is 58.4 Å². The van der Waals surface area contributed by atoms with Crippen LogP contribution in [0, 0.1) is 0 Å². The van der Waals surface area contributed by atoms with Gasteiger partial charge in [-0.15, -0.1) is 0 Å². The zero-order chi connectivity index (χ0) is 19.6. The largest absolute Gasteiger partial charge is 0.466 e. The second-order valence-corrected chi connectivity index (χ2v) is 5.44. The number of carbonyl (C=O) groups excluding carboxylic acids is 2. The fourth-order valence-electron chi connectivity index (χ4n) is 1.02. The molecular weight excluding hydrogens is 380 g/mol. The Morgan fingerprint density at radius 1 is 1.21 bits per heavy atom. The summed E-state index contributed by atoms with van der Waals surface area (Å²) in [5, 5.41) is -4.05. The quantitative estimate of drug-likeness (QED) is 0.214. The minimum absolute atomic E-state index is 0.547. The third kappa shape index (κ3) is 4.57. The third-order valence-electron chi connectivity index (χ3n) is 2.18. The molecule has 0 aromatic rings. The van der Waals surface area contributed by atoms with E-state index >= 15 is 0 Å². The molecule has 15 heteroatoms. The molecule has 2 N–H and O–H groups in total. The van der Waals surface area contributed by atoms with Crippen molar-refractivity contribution >= 4 is 22.0 Å². The molecule has 1 amide bonds. The topological polar surface area (TPSA) is 119 Å². The lowest BCUT2D eigenvalue weighted by atomic mass is 10.2. The summed E-state index contributed by atoms with van der Waals surface area (Å²) < 4.78 is 113. The van der Waals surface area contributed by atoms with E-state index in [1.807, 2.05) is 0 Å². The van der Waals surface area contributed by atoms with Crippen LogP contribution >= 0.6 is 0 Å². The maximum Gasteiger partial charge on any atom is 0.466 e. The van der Waals surface area contributed by atoms with Crippen LogP contribution < -0.4 is 5.32 Å². The summed E-state index contributed by atoms with van der Waals surface area (Å²) in [5.74, 6) is -11.9. The van der Waals surface area contributed by atoms with E-state index in [0.717, 1.165) is 0 Å². The van der Waals surface area contributed by atoms with Gasteiger partial charge in [0.05, 0.1) is 0 Å². The summed E-state index contributed by atoms with van der Waals surface area (Å²) in [4.78, 5) is 22.3. The van der Waals surface area contributed by atoms with Crippen LogP contribution in [-0.4, -0.2) is 55.7 Å². The van der Waals surface area contributed by atoms with Gasteiger partial charge in [0.2, 0.25) is 5.83 Å². The number of amides is 1. The molecule has 1 atom stereocenters. The molecule has 0 heterocycles. The van der Waals surface area contributed by atoms with Gasteiger partial charge in [-0.25, -0.2) is 4.79 Å². The third-order valence-corrected chi connectivity index (χ3v) is 3.05. The Morgan fingerprint density at radius 2 is 1.67 bits per heavy atom. The van der Waals surface area contributed by atoms with E-state index < -0.39 is 51.6 Å². The first-order chi connectivity index (χ1) is 10.5. The van der Waals surface area contributed by atoms with E-state index in [1.165, 1.54) is 5.32 Å². The molecule has 0 bridgehead atoms. The van der Waals surface area contributed by atoms with Gasteiger partial charge in [0, 0.05) is 7.05 Å². The number of hydrogen-bond acceptors (Lipinski definition) is 6. The summed E-state index contributed by atoms with van der Waals surface area (Å²) >= 11 is 0. The average molecular weight is 389 g/mol. The number of ether oxygens (including phenoxy) is 2. The van der Waals surface area contributed by atoms with Crippen LogP contribution in [0.5, 0.6) is 0 Å². The Hall–Kier alpha value is -1.87. The number of likely N-dealkylation sites (N-methyl/N-ethyl adjacent to an activating group) is 1. The van der Waals surface area contributed by atoms with Crippen LogP contribution in [0.15, 0.2) is 12.4 Å². The predicted molar refractivity (Wildman–Crippen MR) is 61.6 cm³/mol. The minimum atomic E-state index is -6.24. The van der Waals surface area contributed by atoms with Crippen molar-refractivity contribution in [2.24, 2.45) is 0 Å². The number of carbonyl (C=O) groups is 2.